The lowest BCUT2D eigenvalue weighted by atomic mass is 10.0. The Kier molecular flexibility index (Phi) is 6.44. The number of rotatable bonds is 6. The molecule has 2 heterocycles. The van der Waals surface area contributed by atoms with E-state index in [-0.39, 0.29) is 48.3 Å². The molecule has 1 N–H and O–H groups in total. The van der Waals surface area contributed by atoms with E-state index in [1.165, 1.54) is 22.6 Å². The zero-order chi connectivity index (χ0) is 23.8. The van der Waals surface area contributed by atoms with E-state index in [2.05, 4.69) is 30.1 Å². The molecular formula is C25H33N5O3. The van der Waals surface area contributed by atoms with Gasteiger partial charge in [0, 0.05) is 31.9 Å². The van der Waals surface area contributed by atoms with Crippen molar-refractivity contribution in [2.24, 2.45) is 11.3 Å². The Morgan fingerprint density at radius 2 is 1.94 bits per heavy atom. The summed E-state index contributed by atoms with van der Waals surface area (Å²) < 4.78 is 0. The number of likely N-dealkylation sites (N-methyl/N-ethyl adjacent to an activating group) is 1. The van der Waals surface area contributed by atoms with Gasteiger partial charge in [0.2, 0.25) is 17.7 Å². The van der Waals surface area contributed by atoms with Crippen LogP contribution >= 0.6 is 0 Å². The number of carbonyl (C=O) groups excluding carboxylic acids is 3. The summed E-state index contributed by atoms with van der Waals surface area (Å²) in [5, 5.41) is 12.4. The Balaban J connectivity index is 1.36. The maximum absolute atomic E-state index is 13.2. The highest BCUT2D eigenvalue weighted by Crippen LogP contribution is 2.55. The van der Waals surface area contributed by atoms with Gasteiger partial charge in [-0.25, -0.2) is 0 Å². The van der Waals surface area contributed by atoms with E-state index < -0.39 is 12.0 Å². The molecule has 3 fully saturated rings. The van der Waals surface area contributed by atoms with Crippen LogP contribution in [0.4, 0.5) is 5.69 Å². The Morgan fingerprint density at radius 1 is 1.24 bits per heavy atom. The maximum atomic E-state index is 13.2. The van der Waals surface area contributed by atoms with E-state index in [0.717, 1.165) is 13.0 Å². The van der Waals surface area contributed by atoms with Crippen LogP contribution in [-0.4, -0.2) is 77.2 Å². The molecule has 176 valence electrons. The predicted octanol–water partition coefficient (Wildman–Crippen LogP) is 2.09. The number of para-hydroxylation sites is 1. The number of hydrogen-bond acceptors (Lipinski definition) is 5. The maximum Gasteiger partial charge on any atom is 0.243 e. The van der Waals surface area contributed by atoms with Gasteiger partial charge in [0.15, 0.2) is 0 Å². The lowest BCUT2D eigenvalue weighted by Crippen LogP contribution is -2.50. The normalized spacial score (nSPS) is 25.8. The molecular weight excluding hydrogens is 418 g/mol. The first kappa shape index (κ1) is 23.2. The van der Waals surface area contributed by atoms with Gasteiger partial charge >= 0.3 is 0 Å². The highest BCUT2D eigenvalue weighted by molar-refractivity contribution is 5.94. The first-order valence-corrected chi connectivity index (χ1v) is 11.8. The van der Waals surface area contributed by atoms with E-state index >= 15 is 0 Å². The van der Waals surface area contributed by atoms with Crippen molar-refractivity contribution >= 4 is 23.4 Å². The topological polar surface area (TPSA) is 96.8 Å². The van der Waals surface area contributed by atoms with Crippen LogP contribution in [0.25, 0.3) is 0 Å². The molecule has 2 saturated heterocycles. The second-order valence-corrected chi connectivity index (χ2v) is 10.2. The summed E-state index contributed by atoms with van der Waals surface area (Å²) in [6.45, 7) is 5.26. The van der Waals surface area contributed by atoms with Gasteiger partial charge < -0.3 is 15.1 Å². The average molecular weight is 452 g/mol. The number of likely N-dealkylation sites (tertiary alicyclic amines) is 2. The highest BCUT2D eigenvalue weighted by atomic mass is 16.2. The third-order valence-corrected chi connectivity index (χ3v) is 7.38. The number of benzene rings is 1. The molecule has 3 aliphatic rings. The summed E-state index contributed by atoms with van der Waals surface area (Å²) in [5.41, 5.74) is 0.973. The molecule has 0 bridgehead atoms. The van der Waals surface area contributed by atoms with Crippen LogP contribution in [0.15, 0.2) is 30.3 Å². The molecule has 3 atom stereocenters. The van der Waals surface area contributed by atoms with Crippen molar-refractivity contribution < 1.29 is 14.4 Å². The summed E-state index contributed by atoms with van der Waals surface area (Å²) >= 11 is 0. The molecule has 1 spiro atoms. The molecule has 8 nitrogen and oxygen atoms in total. The van der Waals surface area contributed by atoms with Crippen LogP contribution in [0.3, 0.4) is 0 Å². The SMILES string of the molecule is CC(C)N1CC2(CC2)CC1C(=O)N(C)CC(=O)N1CC(C(=O)Nc2ccccc2)CC1C#N. The average Bonchev–Trinajstić information content (AvgIpc) is 3.23. The summed E-state index contributed by atoms with van der Waals surface area (Å²) in [5.74, 6) is -0.982. The van der Waals surface area contributed by atoms with Crippen LogP contribution in [0, 0.1) is 22.7 Å². The second kappa shape index (κ2) is 9.14. The van der Waals surface area contributed by atoms with Crippen molar-refractivity contribution in [3.05, 3.63) is 30.3 Å². The molecule has 0 radical (unpaired) electrons. The summed E-state index contributed by atoms with van der Waals surface area (Å²) in [6, 6.07) is 10.7. The number of carbonyl (C=O) groups is 3. The zero-order valence-corrected chi connectivity index (χ0v) is 19.7. The largest absolute Gasteiger partial charge is 0.335 e. The van der Waals surface area contributed by atoms with Gasteiger partial charge in [0.1, 0.15) is 6.04 Å². The molecule has 33 heavy (non-hydrogen) atoms. The van der Waals surface area contributed by atoms with Crippen molar-refractivity contribution in [2.75, 3.05) is 32.0 Å². The Hall–Kier alpha value is -2.92. The smallest absolute Gasteiger partial charge is 0.243 e. The van der Waals surface area contributed by atoms with Gasteiger partial charge in [0.25, 0.3) is 0 Å². The van der Waals surface area contributed by atoms with Crippen LogP contribution in [-0.2, 0) is 14.4 Å². The molecule has 8 heteroatoms. The molecule has 1 saturated carbocycles. The van der Waals surface area contributed by atoms with Gasteiger partial charge in [-0.3, -0.25) is 19.3 Å². The Morgan fingerprint density at radius 3 is 2.55 bits per heavy atom. The van der Waals surface area contributed by atoms with Gasteiger partial charge in [-0.2, -0.15) is 5.26 Å². The van der Waals surface area contributed by atoms with Crippen molar-refractivity contribution in [3.63, 3.8) is 0 Å². The number of hydrogen-bond donors (Lipinski definition) is 1. The van der Waals surface area contributed by atoms with E-state index in [0.29, 0.717) is 12.1 Å². The fourth-order valence-electron chi connectivity index (χ4n) is 5.22. The van der Waals surface area contributed by atoms with E-state index in [1.807, 2.05) is 18.2 Å². The zero-order valence-electron chi connectivity index (χ0n) is 19.7. The van der Waals surface area contributed by atoms with Crippen LogP contribution in [0.5, 0.6) is 0 Å². The van der Waals surface area contributed by atoms with Crippen molar-refractivity contribution in [1.29, 1.82) is 5.26 Å². The molecule has 3 amide bonds. The highest BCUT2D eigenvalue weighted by Gasteiger charge is 2.54. The fourth-order valence-corrected chi connectivity index (χ4v) is 5.22. The molecule has 0 aromatic heterocycles. The van der Waals surface area contributed by atoms with Gasteiger partial charge in [0.05, 0.1) is 24.6 Å². The Labute approximate surface area is 195 Å². The van der Waals surface area contributed by atoms with Crippen LogP contribution in [0.2, 0.25) is 0 Å². The minimum absolute atomic E-state index is 0.0353. The number of amides is 3. The molecule has 1 aromatic carbocycles. The van der Waals surface area contributed by atoms with Crippen molar-refractivity contribution in [3.8, 4) is 6.07 Å². The first-order chi connectivity index (χ1) is 15.7. The lowest BCUT2D eigenvalue weighted by Gasteiger charge is -2.31. The molecule has 1 aromatic rings. The van der Waals surface area contributed by atoms with Gasteiger partial charge in [-0.05, 0) is 57.1 Å². The standard InChI is InChI=1S/C25H33N5O3/c1-17(2)30-16-25(9-10-25)12-21(30)24(33)28(3)15-22(31)29-14-18(11-20(29)13-26)23(32)27-19-7-5-4-6-8-19/h4-8,17-18,20-21H,9-12,14-16H2,1-3H3,(H,27,32). The second-order valence-electron chi connectivity index (χ2n) is 10.2. The van der Waals surface area contributed by atoms with Crippen molar-refractivity contribution in [2.45, 2.75) is 57.7 Å². The van der Waals surface area contributed by atoms with E-state index in [9.17, 15) is 19.6 Å². The minimum atomic E-state index is -0.666. The van der Waals surface area contributed by atoms with E-state index in [4.69, 9.17) is 0 Å². The third kappa shape index (κ3) is 4.88. The number of nitrogens with zero attached hydrogens (tertiary/aromatic N) is 4. The quantitative estimate of drug-likeness (QED) is 0.714. The fraction of sp³-hybridized carbons (Fsp3) is 0.600. The third-order valence-electron chi connectivity index (χ3n) is 7.38. The summed E-state index contributed by atoms with van der Waals surface area (Å²) in [4.78, 5) is 44.2. The Bertz CT molecular complexity index is 953. The summed E-state index contributed by atoms with van der Waals surface area (Å²) in [6.07, 6.45) is 3.50. The van der Waals surface area contributed by atoms with Crippen LogP contribution < -0.4 is 5.32 Å². The van der Waals surface area contributed by atoms with Crippen LogP contribution in [0.1, 0.15) is 39.5 Å². The molecule has 4 rings (SSSR count). The van der Waals surface area contributed by atoms with Crippen molar-refractivity contribution in [1.82, 2.24) is 14.7 Å². The molecule has 3 unspecified atom stereocenters. The van der Waals surface area contributed by atoms with Gasteiger partial charge in [-0.1, -0.05) is 18.2 Å². The van der Waals surface area contributed by atoms with Gasteiger partial charge in [-0.15, -0.1) is 0 Å². The number of nitrogens with one attached hydrogen (secondary N) is 1. The lowest BCUT2D eigenvalue weighted by molar-refractivity contribution is -0.142. The minimum Gasteiger partial charge on any atom is -0.335 e. The number of nitriles is 1. The van der Waals surface area contributed by atoms with E-state index in [1.54, 1.807) is 19.2 Å². The predicted molar refractivity (Wildman–Crippen MR) is 124 cm³/mol. The molecule has 2 aliphatic heterocycles. The first-order valence-electron chi connectivity index (χ1n) is 11.8. The monoisotopic (exact) mass is 451 g/mol. The number of anilines is 1. The summed E-state index contributed by atoms with van der Waals surface area (Å²) in [7, 11) is 1.66. The molecule has 1 aliphatic carbocycles.